The molecule has 174 valence electrons. The van der Waals surface area contributed by atoms with Crippen molar-refractivity contribution in [3.63, 3.8) is 0 Å². The van der Waals surface area contributed by atoms with Crippen LogP contribution in [0.15, 0.2) is 66.7 Å². The van der Waals surface area contributed by atoms with Crippen LogP contribution in [0.4, 0.5) is 4.39 Å². The number of aryl methyl sites for hydroxylation is 1. The molecule has 0 heterocycles. The fraction of sp³-hybridized carbons (Fsp3) is 0.438. The zero-order valence-electron chi connectivity index (χ0n) is 20.5. The molecule has 0 atom stereocenters. The van der Waals surface area contributed by atoms with Gasteiger partial charge in [-0.3, -0.25) is 0 Å². The fourth-order valence-electron chi connectivity index (χ4n) is 5.57. The average Bonchev–Trinajstić information content (AvgIpc) is 2.85. The molecule has 0 spiro atoms. The highest BCUT2D eigenvalue weighted by molar-refractivity contribution is 5.84. The first kappa shape index (κ1) is 23.7. The predicted octanol–water partition coefficient (Wildman–Crippen LogP) is 9.97. The first-order chi connectivity index (χ1) is 16.2. The normalized spacial score (nSPS) is 18.4. The molecule has 0 aliphatic heterocycles. The largest absolute Gasteiger partial charge is 0.207 e. The van der Waals surface area contributed by atoms with Crippen LogP contribution >= 0.6 is 0 Å². The van der Waals surface area contributed by atoms with Crippen LogP contribution in [-0.2, 0) is 6.42 Å². The second kappa shape index (κ2) is 11.6. The second-order valence-electron chi connectivity index (χ2n) is 9.98. The number of halogens is 1. The summed E-state index contributed by atoms with van der Waals surface area (Å²) in [4.78, 5) is 0. The van der Waals surface area contributed by atoms with Gasteiger partial charge in [0.1, 0.15) is 5.82 Å². The first-order valence-electron chi connectivity index (χ1n) is 13.2. The molecule has 0 unspecified atom stereocenters. The van der Waals surface area contributed by atoms with Crippen LogP contribution < -0.4 is 0 Å². The maximum Gasteiger partial charge on any atom is 0.123 e. The zero-order valence-corrected chi connectivity index (χ0v) is 20.5. The Hall–Kier alpha value is -2.41. The van der Waals surface area contributed by atoms with E-state index in [9.17, 15) is 4.39 Å². The molecule has 0 saturated heterocycles. The fourth-order valence-corrected chi connectivity index (χ4v) is 5.57. The molecule has 0 aromatic heterocycles. The van der Waals surface area contributed by atoms with Gasteiger partial charge in [-0.2, -0.15) is 0 Å². The maximum atomic E-state index is 14.0. The van der Waals surface area contributed by atoms with Gasteiger partial charge >= 0.3 is 0 Å². The van der Waals surface area contributed by atoms with Gasteiger partial charge in [0.05, 0.1) is 0 Å². The van der Waals surface area contributed by atoms with E-state index < -0.39 is 0 Å². The summed E-state index contributed by atoms with van der Waals surface area (Å²) >= 11 is 0. The third-order valence-electron chi connectivity index (χ3n) is 7.52. The van der Waals surface area contributed by atoms with Crippen molar-refractivity contribution >= 4 is 0 Å². The predicted molar refractivity (Wildman–Crippen MR) is 140 cm³/mol. The van der Waals surface area contributed by atoms with Crippen molar-refractivity contribution in [2.45, 2.75) is 84.0 Å². The zero-order chi connectivity index (χ0) is 23.0. The van der Waals surface area contributed by atoms with Crippen LogP contribution in [0.25, 0.3) is 22.3 Å². The van der Waals surface area contributed by atoms with Crippen LogP contribution in [0.1, 0.15) is 88.7 Å². The molecule has 0 amide bonds. The Morgan fingerprint density at radius 3 is 2.21 bits per heavy atom. The molecule has 33 heavy (non-hydrogen) atoms. The summed E-state index contributed by atoms with van der Waals surface area (Å²) in [7, 11) is 0. The van der Waals surface area contributed by atoms with Gasteiger partial charge in [-0.05, 0) is 89.5 Å². The number of unbranched alkanes of at least 4 members (excludes halogenated alkanes) is 2. The smallest absolute Gasteiger partial charge is 0.123 e. The van der Waals surface area contributed by atoms with Gasteiger partial charge in [-0.1, -0.05) is 101 Å². The van der Waals surface area contributed by atoms with Crippen molar-refractivity contribution in [2.75, 3.05) is 0 Å². The van der Waals surface area contributed by atoms with E-state index in [-0.39, 0.29) is 5.82 Å². The number of hydrogen-bond donors (Lipinski definition) is 0. The lowest BCUT2D eigenvalue weighted by atomic mass is 9.76. The van der Waals surface area contributed by atoms with Gasteiger partial charge in [0.2, 0.25) is 0 Å². The quantitative estimate of drug-likeness (QED) is 0.289. The minimum atomic E-state index is -0.179. The molecule has 0 N–H and O–H groups in total. The topological polar surface area (TPSA) is 0 Å². The van der Waals surface area contributed by atoms with Crippen molar-refractivity contribution in [3.8, 4) is 22.3 Å². The number of benzene rings is 3. The molecule has 1 aliphatic carbocycles. The van der Waals surface area contributed by atoms with E-state index in [4.69, 9.17) is 0 Å². The molecule has 1 saturated carbocycles. The molecule has 0 bridgehead atoms. The summed E-state index contributed by atoms with van der Waals surface area (Å²) in [6, 6.07) is 22.9. The summed E-state index contributed by atoms with van der Waals surface area (Å²) in [6.45, 7) is 4.51. The lowest BCUT2D eigenvalue weighted by Gasteiger charge is -2.29. The Kier molecular flexibility index (Phi) is 8.37. The Morgan fingerprint density at radius 1 is 0.727 bits per heavy atom. The van der Waals surface area contributed by atoms with Gasteiger partial charge in [-0.25, -0.2) is 4.39 Å². The Labute approximate surface area is 200 Å². The lowest BCUT2D eigenvalue weighted by molar-refractivity contribution is 0.303. The molecule has 1 fully saturated rings. The van der Waals surface area contributed by atoms with Crippen molar-refractivity contribution in [1.29, 1.82) is 0 Å². The van der Waals surface area contributed by atoms with Crippen molar-refractivity contribution in [2.24, 2.45) is 5.92 Å². The highest BCUT2D eigenvalue weighted by Crippen LogP contribution is 2.41. The SMILES string of the molecule is CCCCCC1CCC(c2ccc(-c3cccc(F)c3)c(-c3ccc(CCC)cc3)c2)CC1. The van der Waals surface area contributed by atoms with Gasteiger partial charge in [0, 0.05) is 0 Å². The average molecular weight is 443 g/mol. The standard InChI is InChI=1S/C32H39F/c1-3-5-6-9-25-12-16-26(17-13-25)28-20-21-31(29-10-7-11-30(33)22-29)32(23-28)27-18-14-24(8-4-2)15-19-27/h7,10-11,14-15,18-23,25-26H,3-6,8-9,12-13,16-17H2,1-2H3. The highest BCUT2D eigenvalue weighted by atomic mass is 19.1. The van der Waals surface area contributed by atoms with Crippen LogP contribution in [0.3, 0.4) is 0 Å². The van der Waals surface area contributed by atoms with Crippen LogP contribution in [0.5, 0.6) is 0 Å². The molecule has 3 aromatic rings. The summed E-state index contributed by atoms with van der Waals surface area (Å²) in [6.07, 6.45) is 13.1. The van der Waals surface area contributed by atoms with E-state index in [1.165, 1.54) is 79.7 Å². The Balaban J connectivity index is 1.61. The molecule has 1 heteroatoms. The molecule has 0 nitrogen and oxygen atoms in total. The lowest BCUT2D eigenvalue weighted by Crippen LogP contribution is -2.13. The summed E-state index contributed by atoms with van der Waals surface area (Å²) < 4.78 is 14.0. The summed E-state index contributed by atoms with van der Waals surface area (Å²) in [5, 5.41) is 0. The van der Waals surface area contributed by atoms with Crippen LogP contribution in [0, 0.1) is 11.7 Å². The highest BCUT2D eigenvalue weighted by Gasteiger charge is 2.23. The monoisotopic (exact) mass is 442 g/mol. The van der Waals surface area contributed by atoms with E-state index in [0.717, 1.165) is 29.9 Å². The molecular weight excluding hydrogens is 403 g/mol. The second-order valence-corrected chi connectivity index (χ2v) is 9.98. The Bertz CT molecular complexity index is 1010. The third-order valence-corrected chi connectivity index (χ3v) is 7.52. The van der Waals surface area contributed by atoms with Crippen molar-refractivity contribution in [3.05, 3.63) is 83.7 Å². The van der Waals surface area contributed by atoms with Crippen LogP contribution in [0.2, 0.25) is 0 Å². The molecule has 1 aliphatic rings. The van der Waals surface area contributed by atoms with Gasteiger partial charge in [0.25, 0.3) is 0 Å². The minimum absolute atomic E-state index is 0.179. The molecule has 4 rings (SSSR count). The number of hydrogen-bond acceptors (Lipinski definition) is 0. The van der Waals surface area contributed by atoms with Gasteiger partial charge in [-0.15, -0.1) is 0 Å². The summed E-state index contributed by atoms with van der Waals surface area (Å²) in [5.74, 6) is 1.39. The Morgan fingerprint density at radius 2 is 1.52 bits per heavy atom. The van der Waals surface area contributed by atoms with Gasteiger partial charge in [0.15, 0.2) is 0 Å². The van der Waals surface area contributed by atoms with E-state index in [1.54, 1.807) is 6.07 Å². The van der Waals surface area contributed by atoms with Crippen molar-refractivity contribution < 1.29 is 4.39 Å². The van der Waals surface area contributed by atoms with E-state index >= 15 is 0 Å². The van der Waals surface area contributed by atoms with Crippen molar-refractivity contribution in [1.82, 2.24) is 0 Å². The van der Waals surface area contributed by atoms with E-state index in [2.05, 4.69) is 56.3 Å². The summed E-state index contributed by atoms with van der Waals surface area (Å²) in [5.41, 5.74) is 7.36. The van der Waals surface area contributed by atoms with Gasteiger partial charge < -0.3 is 0 Å². The number of rotatable bonds is 9. The molecule has 3 aromatic carbocycles. The third kappa shape index (κ3) is 6.14. The minimum Gasteiger partial charge on any atom is -0.207 e. The van der Waals surface area contributed by atoms with E-state index in [0.29, 0.717) is 5.92 Å². The first-order valence-corrected chi connectivity index (χ1v) is 13.2. The molecular formula is C32H39F. The van der Waals surface area contributed by atoms with Crippen LogP contribution in [-0.4, -0.2) is 0 Å². The molecule has 0 radical (unpaired) electrons. The maximum absolute atomic E-state index is 14.0. The van der Waals surface area contributed by atoms with E-state index in [1.807, 2.05) is 12.1 Å².